The van der Waals surface area contributed by atoms with E-state index in [9.17, 15) is 0 Å². The van der Waals surface area contributed by atoms with Gasteiger partial charge in [-0.05, 0) is 39.8 Å². The van der Waals surface area contributed by atoms with Crippen molar-refractivity contribution in [2.45, 2.75) is 11.8 Å². The van der Waals surface area contributed by atoms with Crippen molar-refractivity contribution in [3.8, 4) is 11.1 Å². The Kier molecular flexibility index (Phi) is 3.50. The summed E-state index contributed by atoms with van der Waals surface area (Å²) in [6.07, 6.45) is 0.964. The monoisotopic (exact) mass is 332 g/mol. The van der Waals surface area contributed by atoms with E-state index in [1.54, 1.807) is 0 Å². The Morgan fingerprint density at radius 3 is 1.50 bits per heavy atom. The van der Waals surface area contributed by atoms with Gasteiger partial charge < -0.3 is 0 Å². The highest BCUT2D eigenvalue weighted by atomic mass is 14.5. The maximum Gasteiger partial charge on any atom is 0.0503 e. The van der Waals surface area contributed by atoms with Crippen LogP contribution in [0, 0.1) is 0 Å². The summed E-state index contributed by atoms with van der Waals surface area (Å²) in [5, 5.41) is 0. The summed E-state index contributed by atoms with van der Waals surface area (Å²) in [6, 6.07) is 39.6. The molecule has 0 saturated carbocycles. The second-order valence-corrected chi connectivity index (χ2v) is 7.02. The predicted octanol–water partition coefficient (Wildman–Crippen LogP) is 6.24. The lowest BCUT2D eigenvalue weighted by molar-refractivity contribution is 0.629. The van der Waals surface area contributed by atoms with E-state index in [4.69, 9.17) is 0 Å². The molecule has 0 fully saturated rings. The molecule has 124 valence electrons. The van der Waals surface area contributed by atoms with Crippen LogP contribution in [0.3, 0.4) is 0 Å². The molecule has 0 atom stereocenters. The van der Waals surface area contributed by atoms with Crippen LogP contribution < -0.4 is 0 Å². The Labute approximate surface area is 154 Å². The molecule has 0 radical (unpaired) electrons. The molecule has 1 aliphatic rings. The maximum atomic E-state index is 2.31. The molecule has 1 aliphatic carbocycles. The quantitative estimate of drug-likeness (QED) is 0.416. The third kappa shape index (κ3) is 2.16. The minimum atomic E-state index is -0.143. The van der Waals surface area contributed by atoms with Crippen molar-refractivity contribution in [3.63, 3.8) is 0 Å². The fourth-order valence-electron chi connectivity index (χ4n) is 4.55. The molecule has 4 aromatic rings. The lowest BCUT2D eigenvalue weighted by Crippen LogP contribution is -2.29. The summed E-state index contributed by atoms with van der Waals surface area (Å²) in [6.45, 7) is 0. The minimum absolute atomic E-state index is 0.143. The number of hydrogen-bond acceptors (Lipinski definition) is 0. The molecular formula is C26H20. The van der Waals surface area contributed by atoms with E-state index in [1.807, 2.05) is 0 Å². The summed E-state index contributed by atoms with van der Waals surface area (Å²) in [4.78, 5) is 0. The molecule has 0 unspecified atom stereocenters. The Morgan fingerprint density at radius 2 is 0.923 bits per heavy atom. The Bertz CT molecular complexity index is 1000. The van der Waals surface area contributed by atoms with E-state index >= 15 is 0 Å². The first-order valence-electron chi connectivity index (χ1n) is 9.18. The zero-order valence-electron chi connectivity index (χ0n) is 14.6. The van der Waals surface area contributed by atoms with Crippen LogP contribution in [0.5, 0.6) is 0 Å². The summed E-state index contributed by atoms with van der Waals surface area (Å²) in [5.74, 6) is 0. The van der Waals surface area contributed by atoms with Crippen molar-refractivity contribution in [1.29, 1.82) is 0 Å². The molecule has 0 heteroatoms. The third-order valence-electron chi connectivity index (χ3n) is 5.64. The second kappa shape index (κ2) is 6.00. The zero-order chi connectivity index (χ0) is 17.4. The van der Waals surface area contributed by atoms with Crippen LogP contribution in [0.15, 0.2) is 109 Å². The SMILES string of the molecule is c1ccc(CC2(c3ccccc3)c3ccccc3-c3ccccc32)cc1. The van der Waals surface area contributed by atoms with Gasteiger partial charge in [-0.1, -0.05) is 109 Å². The largest absolute Gasteiger partial charge is 0.0622 e. The van der Waals surface area contributed by atoms with E-state index in [0.29, 0.717) is 0 Å². The van der Waals surface area contributed by atoms with Crippen molar-refractivity contribution < 1.29 is 0 Å². The van der Waals surface area contributed by atoms with Gasteiger partial charge in [0.1, 0.15) is 0 Å². The molecule has 0 aliphatic heterocycles. The summed E-state index contributed by atoms with van der Waals surface area (Å²) in [5.41, 5.74) is 8.14. The molecule has 26 heavy (non-hydrogen) atoms. The molecule has 0 nitrogen and oxygen atoms in total. The smallest absolute Gasteiger partial charge is 0.0503 e. The second-order valence-electron chi connectivity index (χ2n) is 7.02. The van der Waals surface area contributed by atoms with Gasteiger partial charge >= 0.3 is 0 Å². The zero-order valence-corrected chi connectivity index (χ0v) is 14.6. The predicted molar refractivity (Wildman–Crippen MR) is 108 cm³/mol. The van der Waals surface area contributed by atoms with Crippen molar-refractivity contribution >= 4 is 0 Å². The first-order valence-corrected chi connectivity index (χ1v) is 9.18. The molecule has 0 heterocycles. The van der Waals surface area contributed by atoms with Crippen LogP contribution in [0.2, 0.25) is 0 Å². The molecular weight excluding hydrogens is 312 g/mol. The molecule has 0 N–H and O–H groups in total. The van der Waals surface area contributed by atoms with Crippen LogP contribution >= 0.6 is 0 Å². The fraction of sp³-hybridized carbons (Fsp3) is 0.0769. The molecule has 4 aromatic carbocycles. The lowest BCUT2D eigenvalue weighted by Gasteiger charge is -2.33. The Hall–Kier alpha value is -3.12. The number of hydrogen-bond donors (Lipinski definition) is 0. The van der Waals surface area contributed by atoms with Gasteiger partial charge in [-0.25, -0.2) is 0 Å². The molecule has 0 bridgehead atoms. The number of benzene rings is 4. The van der Waals surface area contributed by atoms with Gasteiger partial charge in [-0.15, -0.1) is 0 Å². The van der Waals surface area contributed by atoms with Crippen molar-refractivity contribution in [1.82, 2.24) is 0 Å². The molecule has 0 saturated heterocycles. The molecule has 0 amide bonds. The maximum absolute atomic E-state index is 2.31. The van der Waals surface area contributed by atoms with E-state index in [0.717, 1.165) is 6.42 Å². The average molecular weight is 332 g/mol. The summed E-state index contributed by atoms with van der Waals surface area (Å²) in [7, 11) is 0. The van der Waals surface area contributed by atoms with Gasteiger partial charge in [0, 0.05) is 0 Å². The van der Waals surface area contributed by atoms with Crippen LogP contribution in [-0.4, -0.2) is 0 Å². The third-order valence-corrected chi connectivity index (χ3v) is 5.64. The van der Waals surface area contributed by atoms with E-state index in [-0.39, 0.29) is 5.41 Å². The van der Waals surface area contributed by atoms with E-state index in [1.165, 1.54) is 33.4 Å². The summed E-state index contributed by atoms with van der Waals surface area (Å²) < 4.78 is 0. The van der Waals surface area contributed by atoms with Gasteiger partial charge in [0.25, 0.3) is 0 Å². The molecule has 5 rings (SSSR count). The highest BCUT2D eigenvalue weighted by molar-refractivity contribution is 5.83. The highest BCUT2D eigenvalue weighted by Gasteiger charge is 2.44. The Morgan fingerprint density at radius 1 is 0.462 bits per heavy atom. The molecule has 0 spiro atoms. The van der Waals surface area contributed by atoms with Gasteiger partial charge in [-0.3, -0.25) is 0 Å². The topological polar surface area (TPSA) is 0 Å². The average Bonchev–Trinajstić information content (AvgIpc) is 3.01. The van der Waals surface area contributed by atoms with Gasteiger partial charge in [0.2, 0.25) is 0 Å². The Balaban J connectivity index is 1.85. The van der Waals surface area contributed by atoms with Crippen LogP contribution in [0.1, 0.15) is 22.3 Å². The number of rotatable bonds is 3. The first kappa shape index (κ1) is 15.2. The van der Waals surface area contributed by atoms with Crippen molar-refractivity contribution in [2.75, 3.05) is 0 Å². The summed E-state index contributed by atoms with van der Waals surface area (Å²) >= 11 is 0. The van der Waals surface area contributed by atoms with Crippen LogP contribution in [0.4, 0.5) is 0 Å². The fourth-order valence-corrected chi connectivity index (χ4v) is 4.55. The van der Waals surface area contributed by atoms with Gasteiger partial charge in [0.15, 0.2) is 0 Å². The molecule has 0 aromatic heterocycles. The van der Waals surface area contributed by atoms with Crippen LogP contribution in [-0.2, 0) is 11.8 Å². The first-order chi connectivity index (χ1) is 12.9. The van der Waals surface area contributed by atoms with E-state index < -0.39 is 0 Å². The number of fused-ring (bicyclic) bond motifs is 3. The van der Waals surface area contributed by atoms with Crippen molar-refractivity contribution in [2.24, 2.45) is 0 Å². The van der Waals surface area contributed by atoms with Crippen LogP contribution in [0.25, 0.3) is 11.1 Å². The highest BCUT2D eigenvalue weighted by Crippen LogP contribution is 2.53. The van der Waals surface area contributed by atoms with Gasteiger partial charge in [0.05, 0.1) is 5.41 Å². The minimum Gasteiger partial charge on any atom is -0.0622 e. The van der Waals surface area contributed by atoms with Gasteiger partial charge in [-0.2, -0.15) is 0 Å². The van der Waals surface area contributed by atoms with Crippen molar-refractivity contribution in [3.05, 3.63) is 131 Å². The normalized spacial score (nSPS) is 13.8. The lowest BCUT2D eigenvalue weighted by atomic mass is 9.69. The standard InChI is InChI=1S/C26H20/c1-3-11-20(12-4-1)19-26(21-13-5-2-6-14-21)24-17-9-7-15-22(24)23-16-8-10-18-25(23)26/h1-18H,19H2. The van der Waals surface area contributed by atoms with E-state index in [2.05, 4.69) is 109 Å².